The summed E-state index contributed by atoms with van der Waals surface area (Å²) in [5, 5.41) is 0. The van der Waals surface area contributed by atoms with Gasteiger partial charge in [-0.05, 0) is 53.9 Å². The van der Waals surface area contributed by atoms with Gasteiger partial charge in [0.15, 0.2) is 5.89 Å². The second kappa shape index (κ2) is 9.50. The number of ether oxygens (including phenoxy) is 1. The molecule has 9 heteroatoms. The molecule has 0 unspecified atom stereocenters. The predicted octanol–water partition coefficient (Wildman–Crippen LogP) is 5.38. The van der Waals surface area contributed by atoms with E-state index in [1.165, 1.54) is 0 Å². The second-order valence-electron chi connectivity index (χ2n) is 8.52. The minimum Gasteiger partial charge on any atom is -0.486 e. The quantitative estimate of drug-likeness (QED) is 0.334. The van der Waals surface area contributed by atoms with E-state index in [9.17, 15) is 4.79 Å². The molecular formula is C25H26BrN5O3. The van der Waals surface area contributed by atoms with E-state index in [-0.39, 0.29) is 18.1 Å². The number of halogens is 1. The van der Waals surface area contributed by atoms with Crippen LogP contribution in [0.5, 0.6) is 5.75 Å². The van der Waals surface area contributed by atoms with Crippen LogP contribution in [-0.2, 0) is 6.61 Å². The summed E-state index contributed by atoms with van der Waals surface area (Å²) in [5.74, 6) is 1.95. The Balaban J connectivity index is 1.76. The van der Waals surface area contributed by atoms with Crippen molar-refractivity contribution in [2.24, 2.45) is 0 Å². The standard InChI is InChI=1S/C25H26BrN5O3/c1-13(2)24-28-10-15(4)23(30-24)19-8-20(14(3)9-27-19)31-16(5)7-21(22(26)25(31)32)34-12-18-11-33-17(6)29-18/h7-11,13H,12H2,1-6H3. The van der Waals surface area contributed by atoms with Crippen molar-refractivity contribution in [3.05, 3.63) is 79.8 Å². The highest BCUT2D eigenvalue weighted by molar-refractivity contribution is 9.10. The first-order valence-corrected chi connectivity index (χ1v) is 11.7. The van der Waals surface area contributed by atoms with Gasteiger partial charge in [0, 0.05) is 37.0 Å². The molecule has 0 saturated heterocycles. The highest BCUT2D eigenvalue weighted by Gasteiger charge is 2.18. The van der Waals surface area contributed by atoms with Crippen LogP contribution in [0.4, 0.5) is 0 Å². The van der Waals surface area contributed by atoms with Crippen LogP contribution < -0.4 is 10.3 Å². The van der Waals surface area contributed by atoms with E-state index < -0.39 is 0 Å². The molecule has 0 fully saturated rings. The molecule has 34 heavy (non-hydrogen) atoms. The molecule has 176 valence electrons. The smallest absolute Gasteiger partial charge is 0.273 e. The van der Waals surface area contributed by atoms with E-state index in [0.717, 1.165) is 34.0 Å². The summed E-state index contributed by atoms with van der Waals surface area (Å²) in [6, 6.07) is 3.72. The van der Waals surface area contributed by atoms with E-state index >= 15 is 0 Å². The second-order valence-corrected chi connectivity index (χ2v) is 9.31. The highest BCUT2D eigenvalue weighted by atomic mass is 79.9. The number of hydrogen-bond donors (Lipinski definition) is 0. The van der Waals surface area contributed by atoms with E-state index in [4.69, 9.17) is 14.1 Å². The van der Waals surface area contributed by atoms with Crippen LogP contribution in [0, 0.1) is 27.7 Å². The third kappa shape index (κ3) is 4.65. The summed E-state index contributed by atoms with van der Waals surface area (Å²) in [6.07, 6.45) is 5.12. The van der Waals surface area contributed by atoms with Gasteiger partial charge in [0.25, 0.3) is 5.56 Å². The maximum Gasteiger partial charge on any atom is 0.273 e. The monoisotopic (exact) mass is 523 g/mol. The fraction of sp³-hybridized carbons (Fsp3) is 0.320. The maximum atomic E-state index is 13.4. The Bertz CT molecular complexity index is 1420. The zero-order valence-corrected chi connectivity index (χ0v) is 21.6. The molecule has 8 nitrogen and oxygen atoms in total. The number of aromatic nitrogens is 5. The van der Waals surface area contributed by atoms with Gasteiger partial charge in [0.2, 0.25) is 0 Å². The molecule has 0 aliphatic rings. The van der Waals surface area contributed by atoms with Crippen molar-refractivity contribution in [2.75, 3.05) is 0 Å². The molecule has 0 aliphatic carbocycles. The Hall–Kier alpha value is -3.33. The first-order chi connectivity index (χ1) is 16.2. The Kier molecular flexibility index (Phi) is 6.65. The van der Waals surface area contributed by atoms with Crippen LogP contribution >= 0.6 is 15.9 Å². The number of oxazole rings is 1. The van der Waals surface area contributed by atoms with Crippen molar-refractivity contribution in [3.63, 3.8) is 0 Å². The molecule has 4 rings (SSSR count). The first kappa shape index (κ1) is 23.8. The summed E-state index contributed by atoms with van der Waals surface area (Å²) in [5.41, 5.74) is 5.11. The number of rotatable bonds is 6. The summed E-state index contributed by atoms with van der Waals surface area (Å²) in [7, 11) is 0. The van der Waals surface area contributed by atoms with Crippen molar-refractivity contribution in [1.29, 1.82) is 0 Å². The molecule has 0 amide bonds. The third-order valence-electron chi connectivity index (χ3n) is 5.41. The van der Waals surface area contributed by atoms with Crippen LogP contribution in [0.1, 0.15) is 54.0 Å². The van der Waals surface area contributed by atoms with Gasteiger partial charge < -0.3 is 9.15 Å². The van der Waals surface area contributed by atoms with Gasteiger partial charge >= 0.3 is 0 Å². The number of hydrogen-bond acceptors (Lipinski definition) is 7. The van der Waals surface area contributed by atoms with Crippen LogP contribution in [0.15, 0.2) is 44.5 Å². The predicted molar refractivity (Wildman–Crippen MR) is 132 cm³/mol. The van der Waals surface area contributed by atoms with E-state index in [2.05, 4.69) is 44.7 Å². The average molecular weight is 524 g/mol. The zero-order valence-electron chi connectivity index (χ0n) is 20.0. The lowest BCUT2D eigenvalue weighted by Gasteiger charge is -2.17. The molecule has 0 atom stereocenters. The van der Waals surface area contributed by atoms with E-state index in [0.29, 0.717) is 27.5 Å². The van der Waals surface area contributed by atoms with Crippen molar-refractivity contribution in [1.82, 2.24) is 24.5 Å². The molecule has 0 aromatic carbocycles. The van der Waals surface area contributed by atoms with E-state index in [1.807, 2.05) is 39.1 Å². The Morgan fingerprint density at radius 2 is 1.79 bits per heavy atom. The van der Waals surface area contributed by atoms with Crippen molar-refractivity contribution < 1.29 is 9.15 Å². The Morgan fingerprint density at radius 3 is 2.47 bits per heavy atom. The first-order valence-electron chi connectivity index (χ1n) is 10.9. The van der Waals surface area contributed by atoms with Crippen molar-refractivity contribution >= 4 is 15.9 Å². The van der Waals surface area contributed by atoms with Gasteiger partial charge in [-0.25, -0.2) is 15.0 Å². The van der Waals surface area contributed by atoms with Crippen LogP contribution in [0.25, 0.3) is 17.1 Å². The van der Waals surface area contributed by atoms with Crippen LogP contribution in [0.2, 0.25) is 0 Å². The molecule has 0 bridgehead atoms. The molecule has 0 aliphatic heterocycles. The van der Waals surface area contributed by atoms with Crippen LogP contribution in [0.3, 0.4) is 0 Å². The summed E-state index contributed by atoms with van der Waals surface area (Å²) in [4.78, 5) is 31.4. The average Bonchev–Trinajstić information content (AvgIpc) is 3.22. The molecule has 0 saturated carbocycles. The molecule has 4 aromatic heterocycles. The van der Waals surface area contributed by atoms with Gasteiger partial charge in [0.05, 0.1) is 17.1 Å². The highest BCUT2D eigenvalue weighted by Crippen LogP contribution is 2.28. The fourth-order valence-electron chi connectivity index (χ4n) is 3.59. The van der Waals surface area contributed by atoms with E-state index in [1.54, 1.807) is 24.0 Å². The Morgan fingerprint density at radius 1 is 1.06 bits per heavy atom. The topological polar surface area (TPSA) is 95.9 Å². The van der Waals surface area contributed by atoms with Gasteiger partial charge in [-0.2, -0.15) is 0 Å². The minimum absolute atomic E-state index is 0.193. The fourth-order valence-corrected chi connectivity index (χ4v) is 3.99. The van der Waals surface area contributed by atoms with Gasteiger partial charge in [0.1, 0.15) is 34.6 Å². The SMILES string of the molecule is Cc1nc(COc2cc(C)n(-c3cc(-c4nc(C(C)C)ncc4C)ncc3C)c(=O)c2Br)co1. The zero-order chi connectivity index (χ0) is 24.6. The molecular weight excluding hydrogens is 498 g/mol. The summed E-state index contributed by atoms with van der Waals surface area (Å²) in [6.45, 7) is 11.8. The third-order valence-corrected chi connectivity index (χ3v) is 6.14. The lowest BCUT2D eigenvalue weighted by Crippen LogP contribution is -2.23. The molecule has 4 heterocycles. The largest absolute Gasteiger partial charge is 0.486 e. The van der Waals surface area contributed by atoms with Crippen LogP contribution in [-0.4, -0.2) is 24.5 Å². The minimum atomic E-state index is -0.228. The number of nitrogens with zero attached hydrogens (tertiary/aromatic N) is 5. The number of pyridine rings is 2. The lowest BCUT2D eigenvalue weighted by atomic mass is 10.1. The van der Waals surface area contributed by atoms with Gasteiger partial charge in [-0.3, -0.25) is 14.3 Å². The molecule has 0 radical (unpaired) electrons. The normalized spacial score (nSPS) is 11.3. The molecule has 0 N–H and O–H groups in total. The summed E-state index contributed by atoms with van der Waals surface area (Å²) < 4.78 is 13.0. The van der Waals surface area contributed by atoms with Gasteiger partial charge in [-0.15, -0.1) is 0 Å². The Labute approximate surface area is 206 Å². The number of aryl methyl sites for hydroxylation is 4. The van der Waals surface area contributed by atoms with Crippen molar-refractivity contribution in [3.8, 4) is 22.8 Å². The maximum absolute atomic E-state index is 13.4. The van der Waals surface area contributed by atoms with Crippen molar-refractivity contribution in [2.45, 2.75) is 54.1 Å². The summed E-state index contributed by atoms with van der Waals surface area (Å²) >= 11 is 3.43. The van der Waals surface area contributed by atoms with Gasteiger partial charge in [-0.1, -0.05) is 13.8 Å². The molecule has 4 aromatic rings. The lowest BCUT2D eigenvalue weighted by molar-refractivity contribution is 0.297. The molecule has 0 spiro atoms.